The fourth-order valence-electron chi connectivity index (χ4n) is 5.02. The molecule has 0 aromatic heterocycles. The third-order valence-electron chi connectivity index (χ3n) is 6.51. The van der Waals surface area contributed by atoms with Crippen molar-refractivity contribution in [1.82, 2.24) is 0 Å². The van der Waals surface area contributed by atoms with Crippen molar-refractivity contribution in [2.24, 2.45) is 17.8 Å². The highest BCUT2D eigenvalue weighted by molar-refractivity contribution is 5.29. The average Bonchev–Trinajstić information content (AvgIpc) is 2.68. The van der Waals surface area contributed by atoms with Crippen molar-refractivity contribution in [1.29, 1.82) is 0 Å². The van der Waals surface area contributed by atoms with E-state index in [1.54, 1.807) is 19.2 Å². The van der Waals surface area contributed by atoms with Crippen LogP contribution in [0.25, 0.3) is 0 Å². The van der Waals surface area contributed by atoms with Gasteiger partial charge in [-0.3, -0.25) is 0 Å². The van der Waals surface area contributed by atoms with Crippen LogP contribution < -0.4 is 4.74 Å². The number of rotatable bonds is 6. The van der Waals surface area contributed by atoms with Crippen molar-refractivity contribution in [2.75, 3.05) is 13.7 Å². The molecule has 0 saturated heterocycles. The minimum Gasteiger partial charge on any atom is -0.406 e. The molecule has 0 heterocycles. The van der Waals surface area contributed by atoms with E-state index >= 15 is 0 Å². The molecule has 1 aromatic carbocycles. The van der Waals surface area contributed by atoms with Crippen molar-refractivity contribution >= 4 is 0 Å². The van der Waals surface area contributed by atoms with Crippen LogP contribution in [0, 0.1) is 17.8 Å². The minimum atomic E-state index is -4.63. The Balaban J connectivity index is 1.43. The van der Waals surface area contributed by atoms with Gasteiger partial charge in [0.2, 0.25) is 0 Å². The van der Waals surface area contributed by atoms with E-state index in [4.69, 9.17) is 4.74 Å². The highest BCUT2D eigenvalue weighted by atomic mass is 19.4. The molecule has 0 unspecified atom stereocenters. The largest absolute Gasteiger partial charge is 0.573 e. The lowest BCUT2D eigenvalue weighted by Crippen LogP contribution is -2.25. The maximum absolute atomic E-state index is 12.3. The van der Waals surface area contributed by atoms with Gasteiger partial charge in [0.15, 0.2) is 0 Å². The molecule has 0 N–H and O–H groups in total. The van der Waals surface area contributed by atoms with Crippen LogP contribution in [0.1, 0.15) is 62.8 Å². The SMILES string of the molecule is COC/C=C/C1CCC(C2CCC(c3ccc(OC(F)(F)F)cc3)CC2)CC1. The quantitative estimate of drug-likeness (QED) is 0.489. The van der Waals surface area contributed by atoms with Crippen LogP contribution in [0.5, 0.6) is 5.75 Å². The Bertz CT molecular complexity index is 608. The maximum Gasteiger partial charge on any atom is 0.573 e. The molecule has 0 bridgehead atoms. The van der Waals surface area contributed by atoms with Crippen molar-refractivity contribution in [3.8, 4) is 5.75 Å². The number of benzene rings is 1. The van der Waals surface area contributed by atoms with Crippen LogP contribution in [0.3, 0.4) is 0 Å². The molecule has 1 aromatic rings. The number of hydrogen-bond acceptors (Lipinski definition) is 2. The van der Waals surface area contributed by atoms with Crippen molar-refractivity contribution in [2.45, 2.75) is 63.6 Å². The second-order valence-electron chi connectivity index (χ2n) is 8.29. The van der Waals surface area contributed by atoms with Gasteiger partial charge >= 0.3 is 6.36 Å². The zero-order chi connectivity index (χ0) is 20.0. The predicted molar refractivity (Wildman–Crippen MR) is 104 cm³/mol. The molecule has 2 fully saturated rings. The van der Waals surface area contributed by atoms with Crippen LogP contribution in [-0.2, 0) is 4.74 Å². The second kappa shape index (κ2) is 9.82. The summed E-state index contributed by atoms with van der Waals surface area (Å²) in [6.45, 7) is 0.702. The van der Waals surface area contributed by atoms with Gasteiger partial charge in [0.1, 0.15) is 5.75 Å². The van der Waals surface area contributed by atoms with E-state index < -0.39 is 6.36 Å². The number of ether oxygens (including phenoxy) is 2. The molecule has 156 valence electrons. The van der Waals surface area contributed by atoms with Crippen molar-refractivity contribution < 1.29 is 22.6 Å². The molecular weight excluding hydrogens is 365 g/mol. The van der Waals surface area contributed by atoms with Crippen LogP contribution in [0.15, 0.2) is 36.4 Å². The summed E-state index contributed by atoms with van der Waals surface area (Å²) in [6, 6.07) is 6.47. The van der Waals surface area contributed by atoms with Crippen LogP contribution in [0.4, 0.5) is 13.2 Å². The number of hydrogen-bond donors (Lipinski definition) is 0. The molecule has 0 radical (unpaired) electrons. The van der Waals surface area contributed by atoms with Gasteiger partial charge in [0.25, 0.3) is 0 Å². The normalized spacial score (nSPS) is 29.1. The van der Waals surface area contributed by atoms with Crippen LogP contribution >= 0.6 is 0 Å². The molecule has 2 aliphatic carbocycles. The zero-order valence-electron chi connectivity index (χ0n) is 16.6. The second-order valence-corrected chi connectivity index (χ2v) is 8.29. The highest BCUT2D eigenvalue weighted by Gasteiger charge is 2.32. The first-order valence-electron chi connectivity index (χ1n) is 10.5. The monoisotopic (exact) mass is 396 g/mol. The van der Waals surface area contributed by atoms with E-state index in [-0.39, 0.29) is 5.75 Å². The lowest BCUT2D eigenvalue weighted by atomic mass is 9.68. The van der Waals surface area contributed by atoms with Gasteiger partial charge in [-0.05, 0) is 92.7 Å². The van der Waals surface area contributed by atoms with Gasteiger partial charge in [-0.15, -0.1) is 13.2 Å². The Labute approximate surface area is 166 Å². The van der Waals surface area contributed by atoms with E-state index in [9.17, 15) is 13.2 Å². The van der Waals surface area contributed by atoms with E-state index in [1.165, 1.54) is 50.7 Å². The Morgan fingerprint density at radius 1 is 0.893 bits per heavy atom. The smallest absolute Gasteiger partial charge is 0.406 e. The summed E-state index contributed by atoms with van der Waals surface area (Å²) in [5.41, 5.74) is 1.14. The number of allylic oxidation sites excluding steroid dienone is 1. The first-order chi connectivity index (χ1) is 13.4. The fourth-order valence-corrected chi connectivity index (χ4v) is 5.02. The van der Waals surface area contributed by atoms with Gasteiger partial charge in [0.05, 0.1) is 6.61 Å². The first-order valence-corrected chi connectivity index (χ1v) is 10.5. The van der Waals surface area contributed by atoms with Crippen molar-refractivity contribution in [3.63, 3.8) is 0 Å². The highest BCUT2D eigenvalue weighted by Crippen LogP contribution is 2.44. The molecule has 0 amide bonds. The molecule has 3 rings (SSSR count). The summed E-state index contributed by atoms with van der Waals surface area (Å²) in [6.07, 6.45) is 9.79. The van der Waals surface area contributed by atoms with Crippen LogP contribution in [-0.4, -0.2) is 20.1 Å². The topological polar surface area (TPSA) is 18.5 Å². The Hall–Kier alpha value is -1.49. The van der Waals surface area contributed by atoms with E-state index in [2.05, 4.69) is 16.9 Å². The molecule has 2 saturated carbocycles. The lowest BCUT2D eigenvalue weighted by Gasteiger charge is -2.37. The predicted octanol–water partition coefficient (Wildman–Crippen LogP) is 6.87. The molecule has 0 aliphatic heterocycles. The van der Waals surface area contributed by atoms with Gasteiger partial charge in [-0.1, -0.05) is 24.3 Å². The molecule has 5 heteroatoms. The lowest BCUT2D eigenvalue weighted by molar-refractivity contribution is -0.274. The Morgan fingerprint density at radius 2 is 1.46 bits per heavy atom. The number of alkyl halides is 3. The number of halogens is 3. The van der Waals surface area contributed by atoms with E-state index in [0.717, 1.165) is 30.2 Å². The standard InChI is InChI=1S/C23H31F3O2/c1-27-16-2-3-17-4-6-18(7-5-17)19-8-10-20(11-9-19)21-12-14-22(15-13-21)28-23(24,25)26/h2-3,12-15,17-20H,4-11,16H2,1H3/b3-2+. The molecule has 2 aliphatic rings. The third-order valence-corrected chi connectivity index (χ3v) is 6.51. The summed E-state index contributed by atoms with van der Waals surface area (Å²) in [5, 5.41) is 0. The van der Waals surface area contributed by atoms with Crippen LogP contribution in [0.2, 0.25) is 0 Å². The fraction of sp³-hybridized carbons (Fsp3) is 0.652. The Morgan fingerprint density at radius 3 is 2.00 bits per heavy atom. The third kappa shape index (κ3) is 6.26. The van der Waals surface area contributed by atoms with Gasteiger partial charge in [0, 0.05) is 7.11 Å². The molecule has 2 nitrogen and oxygen atoms in total. The van der Waals surface area contributed by atoms with E-state index in [1.807, 2.05) is 0 Å². The zero-order valence-corrected chi connectivity index (χ0v) is 16.6. The minimum absolute atomic E-state index is 0.138. The summed E-state index contributed by atoms with van der Waals surface area (Å²) in [4.78, 5) is 0. The summed E-state index contributed by atoms with van der Waals surface area (Å²) >= 11 is 0. The molecule has 0 atom stereocenters. The van der Waals surface area contributed by atoms with Gasteiger partial charge in [-0.2, -0.15) is 0 Å². The molecule has 28 heavy (non-hydrogen) atoms. The molecular formula is C23H31F3O2. The van der Waals surface area contributed by atoms with Gasteiger partial charge in [-0.25, -0.2) is 0 Å². The summed E-state index contributed by atoms with van der Waals surface area (Å²) in [5.74, 6) is 2.69. The first kappa shape index (κ1) is 21.2. The summed E-state index contributed by atoms with van der Waals surface area (Å²) in [7, 11) is 1.72. The van der Waals surface area contributed by atoms with E-state index in [0.29, 0.717) is 18.4 Å². The number of methoxy groups -OCH3 is 1. The average molecular weight is 396 g/mol. The van der Waals surface area contributed by atoms with Crippen molar-refractivity contribution in [3.05, 3.63) is 42.0 Å². The van der Waals surface area contributed by atoms with Gasteiger partial charge < -0.3 is 9.47 Å². The molecule has 0 spiro atoms. The summed E-state index contributed by atoms with van der Waals surface area (Å²) < 4.78 is 45.9. The maximum atomic E-state index is 12.3. The Kier molecular flexibility index (Phi) is 7.44.